The summed E-state index contributed by atoms with van der Waals surface area (Å²) in [6.07, 6.45) is 0.903. The Hall–Kier alpha value is -0.180. The minimum atomic E-state index is -4.15. The van der Waals surface area contributed by atoms with Gasteiger partial charge in [0, 0.05) is 12.8 Å². The van der Waals surface area contributed by atoms with Gasteiger partial charge in [0.1, 0.15) is 5.78 Å². The highest BCUT2D eigenvalue weighted by Crippen LogP contribution is 2.57. The van der Waals surface area contributed by atoms with E-state index >= 15 is 0 Å². The summed E-state index contributed by atoms with van der Waals surface area (Å²) in [5, 5.41) is -1.12. The van der Waals surface area contributed by atoms with Crippen LogP contribution in [-0.4, -0.2) is 20.7 Å². The van der Waals surface area contributed by atoms with Crippen molar-refractivity contribution in [2.24, 2.45) is 5.92 Å². The van der Waals surface area contributed by atoms with E-state index in [1.165, 1.54) is 6.92 Å². The quantitative estimate of drug-likeness (QED) is 0.634. The molecule has 0 aromatic rings. The van der Waals surface area contributed by atoms with E-state index in [-0.39, 0.29) is 18.1 Å². The summed E-state index contributed by atoms with van der Waals surface area (Å²) in [6, 6.07) is 0. The summed E-state index contributed by atoms with van der Waals surface area (Å²) in [6.45, 7) is 3.35. The zero-order valence-electron chi connectivity index (χ0n) is 7.86. The molecule has 2 unspecified atom stereocenters. The maximum Gasteiger partial charge on any atom is 0.331 e. The molecule has 76 valence electrons. The smallest absolute Gasteiger partial charge is 0.324 e. The number of ketones is 1. The number of hydrogen-bond donors (Lipinski definition) is 2. The monoisotopic (exact) mass is 206 g/mol. The molecule has 0 spiro atoms. The Bertz CT molecular complexity index is 269. The molecule has 2 atom stereocenters. The van der Waals surface area contributed by atoms with Gasteiger partial charge in [-0.15, -0.1) is 0 Å². The highest BCUT2D eigenvalue weighted by atomic mass is 31.2. The standard InChI is InChI=1S/C8H15O4P/c1-6-3-7(9)5-8(2,4-6)13(10,11)12/h6H,3-5H2,1-2H3,(H2,10,11,12). The fourth-order valence-electron chi connectivity index (χ4n) is 2.00. The van der Waals surface area contributed by atoms with Crippen LogP contribution in [0.1, 0.15) is 33.1 Å². The molecule has 0 radical (unpaired) electrons. The summed E-state index contributed by atoms with van der Waals surface area (Å²) in [5.74, 6) is 0.0449. The molecule has 5 heteroatoms. The van der Waals surface area contributed by atoms with E-state index in [2.05, 4.69) is 0 Å². The van der Waals surface area contributed by atoms with Crippen molar-refractivity contribution in [3.63, 3.8) is 0 Å². The summed E-state index contributed by atoms with van der Waals surface area (Å²) in [4.78, 5) is 29.4. The van der Waals surface area contributed by atoms with Crippen LogP contribution in [0.4, 0.5) is 0 Å². The molecular weight excluding hydrogens is 191 g/mol. The highest BCUT2D eigenvalue weighted by molar-refractivity contribution is 7.53. The van der Waals surface area contributed by atoms with E-state index in [0.29, 0.717) is 12.8 Å². The fourth-order valence-corrected chi connectivity index (χ4v) is 2.93. The van der Waals surface area contributed by atoms with Crippen LogP contribution in [0, 0.1) is 5.92 Å². The molecule has 0 heterocycles. The van der Waals surface area contributed by atoms with Crippen LogP contribution in [0.25, 0.3) is 0 Å². The van der Waals surface area contributed by atoms with E-state index in [9.17, 15) is 9.36 Å². The molecule has 0 saturated heterocycles. The van der Waals surface area contributed by atoms with Gasteiger partial charge < -0.3 is 9.79 Å². The lowest BCUT2D eigenvalue weighted by molar-refractivity contribution is -0.122. The minimum Gasteiger partial charge on any atom is -0.324 e. The molecule has 1 rings (SSSR count). The normalized spacial score (nSPS) is 36.3. The van der Waals surface area contributed by atoms with Gasteiger partial charge in [0.2, 0.25) is 0 Å². The summed E-state index contributed by atoms with van der Waals surface area (Å²) in [5.41, 5.74) is 0. The van der Waals surface area contributed by atoms with Crippen LogP contribution in [0.3, 0.4) is 0 Å². The first-order valence-corrected chi connectivity index (χ1v) is 5.93. The van der Waals surface area contributed by atoms with Crippen molar-refractivity contribution in [1.82, 2.24) is 0 Å². The SMILES string of the molecule is CC1CC(=O)CC(C)(P(=O)(O)O)C1. The second-order valence-corrected chi connectivity index (χ2v) is 6.44. The Morgan fingerprint density at radius 1 is 1.54 bits per heavy atom. The number of rotatable bonds is 1. The van der Waals surface area contributed by atoms with Crippen molar-refractivity contribution in [3.05, 3.63) is 0 Å². The van der Waals surface area contributed by atoms with Gasteiger partial charge in [-0.2, -0.15) is 0 Å². The lowest BCUT2D eigenvalue weighted by atomic mass is 9.82. The molecule has 0 aliphatic heterocycles. The van der Waals surface area contributed by atoms with Crippen molar-refractivity contribution in [2.45, 2.75) is 38.3 Å². The van der Waals surface area contributed by atoms with Gasteiger partial charge >= 0.3 is 7.60 Å². The molecule has 0 aromatic carbocycles. The lowest BCUT2D eigenvalue weighted by Gasteiger charge is -2.36. The van der Waals surface area contributed by atoms with Crippen LogP contribution in [0.2, 0.25) is 0 Å². The van der Waals surface area contributed by atoms with Crippen molar-refractivity contribution < 1.29 is 19.1 Å². The molecule has 0 amide bonds. The van der Waals surface area contributed by atoms with Crippen molar-refractivity contribution in [3.8, 4) is 0 Å². The molecule has 1 saturated carbocycles. The topological polar surface area (TPSA) is 74.6 Å². The van der Waals surface area contributed by atoms with E-state index in [0.717, 1.165) is 0 Å². The van der Waals surface area contributed by atoms with Crippen LogP contribution in [-0.2, 0) is 9.36 Å². The van der Waals surface area contributed by atoms with Gasteiger partial charge in [-0.1, -0.05) is 6.92 Å². The molecule has 2 N–H and O–H groups in total. The Labute approximate surface area is 77.5 Å². The Morgan fingerprint density at radius 2 is 2.08 bits per heavy atom. The van der Waals surface area contributed by atoms with Gasteiger partial charge in [-0.05, 0) is 19.3 Å². The third-order valence-corrected chi connectivity index (χ3v) is 4.39. The van der Waals surface area contributed by atoms with E-state index in [1.807, 2.05) is 6.92 Å². The molecule has 0 bridgehead atoms. The summed E-state index contributed by atoms with van der Waals surface area (Å²) < 4.78 is 11.1. The van der Waals surface area contributed by atoms with Crippen molar-refractivity contribution in [1.29, 1.82) is 0 Å². The largest absolute Gasteiger partial charge is 0.331 e. The third kappa shape index (κ3) is 2.19. The lowest BCUT2D eigenvalue weighted by Crippen LogP contribution is -2.35. The zero-order chi connectivity index (χ0) is 10.3. The Morgan fingerprint density at radius 3 is 2.46 bits per heavy atom. The predicted molar refractivity (Wildman–Crippen MR) is 48.5 cm³/mol. The van der Waals surface area contributed by atoms with E-state index in [1.54, 1.807) is 0 Å². The van der Waals surface area contributed by atoms with E-state index in [4.69, 9.17) is 9.79 Å². The van der Waals surface area contributed by atoms with Gasteiger partial charge in [-0.25, -0.2) is 0 Å². The average Bonchev–Trinajstić information content (AvgIpc) is 1.79. The minimum absolute atomic E-state index is 0.0155. The van der Waals surface area contributed by atoms with Gasteiger partial charge in [-0.3, -0.25) is 9.36 Å². The van der Waals surface area contributed by atoms with Crippen molar-refractivity contribution >= 4 is 13.4 Å². The average molecular weight is 206 g/mol. The molecule has 0 aromatic heterocycles. The fraction of sp³-hybridized carbons (Fsp3) is 0.875. The molecule has 1 aliphatic rings. The molecule has 1 aliphatic carbocycles. The molecule has 1 fully saturated rings. The van der Waals surface area contributed by atoms with Crippen molar-refractivity contribution in [2.75, 3.05) is 0 Å². The van der Waals surface area contributed by atoms with Gasteiger partial charge in [0.25, 0.3) is 0 Å². The van der Waals surface area contributed by atoms with Crippen LogP contribution < -0.4 is 0 Å². The highest BCUT2D eigenvalue weighted by Gasteiger charge is 2.47. The van der Waals surface area contributed by atoms with Crippen LogP contribution in [0.5, 0.6) is 0 Å². The van der Waals surface area contributed by atoms with E-state index < -0.39 is 12.8 Å². The second kappa shape index (κ2) is 3.19. The predicted octanol–water partition coefficient (Wildman–Crippen LogP) is 1.31. The molecular formula is C8H15O4P. The first-order valence-electron chi connectivity index (χ1n) is 4.32. The van der Waals surface area contributed by atoms with Gasteiger partial charge in [0.05, 0.1) is 5.16 Å². The van der Waals surface area contributed by atoms with Crippen LogP contribution in [0.15, 0.2) is 0 Å². The van der Waals surface area contributed by atoms with Crippen LogP contribution >= 0.6 is 7.60 Å². The third-order valence-electron chi connectivity index (χ3n) is 2.65. The first-order chi connectivity index (χ1) is 5.74. The molecule has 4 nitrogen and oxygen atoms in total. The maximum absolute atomic E-state index is 11.2. The summed E-state index contributed by atoms with van der Waals surface area (Å²) >= 11 is 0. The Kier molecular flexibility index (Phi) is 2.68. The molecule has 13 heavy (non-hydrogen) atoms. The second-order valence-electron chi connectivity index (χ2n) is 4.27. The number of carbonyl (C=O) groups is 1. The first kappa shape index (κ1) is 10.9. The zero-order valence-corrected chi connectivity index (χ0v) is 8.75. The number of hydrogen-bond acceptors (Lipinski definition) is 2. The summed E-state index contributed by atoms with van der Waals surface area (Å²) in [7, 11) is -4.15. The Balaban J connectivity index is 2.91. The number of carbonyl (C=O) groups excluding carboxylic acids is 1. The number of Topliss-reactive ketones (excluding diaryl/α,β-unsaturated/α-hetero) is 1. The maximum atomic E-state index is 11.2. The van der Waals surface area contributed by atoms with Gasteiger partial charge in [0.15, 0.2) is 0 Å².